The van der Waals surface area contributed by atoms with E-state index in [1.54, 1.807) is 18.0 Å². The van der Waals surface area contributed by atoms with Crippen LogP contribution in [0, 0.1) is 13.8 Å². The van der Waals surface area contributed by atoms with Gasteiger partial charge in [0.2, 0.25) is 17.7 Å². The van der Waals surface area contributed by atoms with Gasteiger partial charge in [-0.1, -0.05) is 6.07 Å². The molecule has 0 bridgehead atoms. The molecule has 32 heavy (non-hydrogen) atoms. The van der Waals surface area contributed by atoms with Crippen LogP contribution in [0.15, 0.2) is 18.2 Å². The van der Waals surface area contributed by atoms with Crippen LogP contribution in [-0.4, -0.2) is 51.2 Å². The van der Waals surface area contributed by atoms with Crippen molar-refractivity contribution in [3.05, 3.63) is 41.0 Å². The van der Waals surface area contributed by atoms with Gasteiger partial charge >= 0.3 is 0 Å². The Kier molecular flexibility index (Phi) is 6.16. The van der Waals surface area contributed by atoms with Gasteiger partial charge < -0.3 is 10.2 Å². The molecule has 4 rings (SSSR count). The highest BCUT2D eigenvalue weighted by Crippen LogP contribution is 2.34. The van der Waals surface area contributed by atoms with Gasteiger partial charge in [-0.15, -0.1) is 0 Å². The van der Waals surface area contributed by atoms with E-state index in [0.717, 1.165) is 29.8 Å². The Morgan fingerprint density at radius 2 is 1.97 bits per heavy atom. The van der Waals surface area contributed by atoms with Crippen LogP contribution in [0.4, 0.5) is 11.6 Å². The molecule has 1 atom stereocenters. The standard InChI is InChI=1S/C23H28N6O3/c1-14-7-4-9-18(24-14)26-19(30)10-5-11-20(31)29-12-6-8-17(29)22-25-15(2)16-13-21(32)28(3)23(16)27-22/h4,7,9,17H,5-6,8,10-13H2,1-3H3,(H,24,26,30)/t17-/m1/s1. The van der Waals surface area contributed by atoms with Crippen LogP contribution in [0.5, 0.6) is 0 Å². The van der Waals surface area contributed by atoms with Crippen LogP contribution in [0.25, 0.3) is 0 Å². The van der Waals surface area contributed by atoms with Crippen molar-refractivity contribution >= 4 is 29.4 Å². The monoisotopic (exact) mass is 436 g/mol. The summed E-state index contributed by atoms with van der Waals surface area (Å²) in [5.41, 5.74) is 2.49. The van der Waals surface area contributed by atoms with E-state index >= 15 is 0 Å². The number of likely N-dealkylation sites (N-methyl/N-ethyl adjacent to an activating group) is 1. The van der Waals surface area contributed by atoms with Crippen LogP contribution >= 0.6 is 0 Å². The summed E-state index contributed by atoms with van der Waals surface area (Å²) in [5.74, 6) is 1.62. The molecule has 9 nitrogen and oxygen atoms in total. The van der Waals surface area contributed by atoms with Crippen molar-refractivity contribution in [2.75, 3.05) is 23.8 Å². The lowest BCUT2D eigenvalue weighted by molar-refractivity contribution is -0.132. The van der Waals surface area contributed by atoms with E-state index in [1.807, 2.05) is 30.9 Å². The molecule has 2 aliphatic rings. The number of fused-ring (bicyclic) bond motifs is 1. The molecule has 0 aliphatic carbocycles. The molecule has 168 valence electrons. The van der Waals surface area contributed by atoms with Crippen LogP contribution in [0.1, 0.15) is 60.9 Å². The third kappa shape index (κ3) is 4.46. The molecule has 2 aliphatic heterocycles. The number of rotatable bonds is 6. The van der Waals surface area contributed by atoms with Crippen molar-refractivity contribution in [2.45, 2.75) is 58.4 Å². The molecular weight excluding hydrogens is 408 g/mol. The van der Waals surface area contributed by atoms with Gasteiger partial charge in [-0.25, -0.2) is 15.0 Å². The molecule has 0 spiro atoms. The second kappa shape index (κ2) is 9.02. The number of hydrogen-bond acceptors (Lipinski definition) is 6. The van der Waals surface area contributed by atoms with Crippen molar-refractivity contribution < 1.29 is 14.4 Å². The summed E-state index contributed by atoms with van der Waals surface area (Å²) < 4.78 is 0. The maximum atomic E-state index is 12.9. The largest absolute Gasteiger partial charge is 0.332 e. The molecule has 1 saturated heterocycles. The Bertz CT molecular complexity index is 1070. The Hall–Kier alpha value is -3.36. The van der Waals surface area contributed by atoms with E-state index < -0.39 is 0 Å². The number of carbonyl (C=O) groups is 3. The SMILES string of the molecule is Cc1cccc(NC(=O)CCCC(=O)N2CCC[C@@H]2c2nc(C)c3c(n2)N(C)C(=O)C3)n1. The van der Waals surface area contributed by atoms with E-state index in [4.69, 9.17) is 0 Å². The fraction of sp³-hybridized carbons (Fsp3) is 0.478. The lowest BCUT2D eigenvalue weighted by atomic mass is 10.1. The van der Waals surface area contributed by atoms with Gasteiger partial charge in [-0.2, -0.15) is 0 Å². The number of likely N-dealkylation sites (tertiary alicyclic amines) is 1. The molecule has 4 heterocycles. The number of amides is 3. The fourth-order valence-electron chi connectivity index (χ4n) is 4.32. The van der Waals surface area contributed by atoms with Crippen LogP contribution in [-0.2, 0) is 20.8 Å². The summed E-state index contributed by atoms with van der Waals surface area (Å²) in [4.78, 5) is 54.1. The summed E-state index contributed by atoms with van der Waals surface area (Å²) in [6, 6.07) is 5.25. The highest BCUT2D eigenvalue weighted by atomic mass is 16.2. The number of carbonyl (C=O) groups excluding carboxylic acids is 3. The van der Waals surface area contributed by atoms with Gasteiger partial charge in [0, 0.05) is 43.4 Å². The van der Waals surface area contributed by atoms with E-state index in [1.165, 1.54) is 0 Å². The summed E-state index contributed by atoms with van der Waals surface area (Å²) in [6.07, 6.45) is 2.99. The van der Waals surface area contributed by atoms with Gasteiger partial charge in [0.15, 0.2) is 5.82 Å². The summed E-state index contributed by atoms with van der Waals surface area (Å²) in [5, 5.41) is 2.77. The summed E-state index contributed by atoms with van der Waals surface area (Å²) in [7, 11) is 1.72. The average Bonchev–Trinajstić information content (AvgIpc) is 3.34. The molecule has 0 saturated carbocycles. The molecule has 9 heteroatoms. The maximum absolute atomic E-state index is 12.9. The average molecular weight is 437 g/mol. The number of aromatic nitrogens is 3. The van der Waals surface area contributed by atoms with Gasteiger partial charge in [-0.05, 0) is 45.2 Å². The van der Waals surface area contributed by atoms with E-state index in [0.29, 0.717) is 36.8 Å². The maximum Gasteiger partial charge on any atom is 0.232 e. The van der Waals surface area contributed by atoms with Crippen LogP contribution < -0.4 is 10.2 Å². The Morgan fingerprint density at radius 1 is 1.16 bits per heavy atom. The zero-order chi connectivity index (χ0) is 22.8. The normalized spacial score (nSPS) is 17.6. The van der Waals surface area contributed by atoms with E-state index in [2.05, 4.69) is 20.3 Å². The first-order valence-corrected chi connectivity index (χ1v) is 11.0. The molecule has 1 N–H and O–H groups in total. The molecule has 0 unspecified atom stereocenters. The number of anilines is 2. The van der Waals surface area contributed by atoms with Gasteiger partial charge in [-0.3, -0.25) is 19.3 Å². The number of aryl methyl sites for hydroxylation is 2. The predicted octanol–water partition coefficient (Wildman–Crippen LogP) is 2.48. The van der Waals surface area contributed by atoms with Crippen molar-refractivity contribution in [1.82, 2.24) is 19.9 Å². The van der Waals surface area contributed by atoms with Crippen molar-refractivity contribution in [3.8, 4) is 0 Å². The quantitative estimate of drug-likeness (QED) is 0.745. The van der Waals surface area contributed by atoms with Gasteiger partial charge in [0.1, 0.15) is 11.6 Å². The highest BCUT2D eigenvalue weighted by molar-refractivity contribution is 6.00. The second-order valence-electron chi connectivity index (χ2n) is 8.41. The number of hydrogen-bond donors (Lipinski definition) is 1. The van der Waals surface area contributed by atoms with Crippen molar-refractivity contribution in [1.29, 1.82) is 0 Å². The van der Waals surface area contributed by atoms with Crippen LogP contribution in [0.2, 0.25) is 0 Å². The van der Waals surface area contributed by atoms with Crippen molar-refractivity contribution in [2.24, 2.45) is 0 Å². The third-order valence-corrected chi connectivity index (χ3v) is 6.05. The zero-order valence-corrected chi connectivity index (χ0v) is 18.7. The number of pyridine rings is 1. The third-order valence-electron chi connectivity index (χ3n) is 6.05. The topological polar surface area (TPSA) is 108 Å². The minimum Gasteiger partial charge on any atom is -0.332 e. The Balaban J connectivity index is 1.36. The number of nitrogens with zero attached hydrogens (tertiary/aromatic N) is 5. The van der Waals surface area contributed by atoms with Gasteiger partial charge in [0.25, 0.3) is 0 Å². The van der Waals surface area contributed by atoms with E-state index in [-0.39, 0.29) is 36.6 Å². The Labute approximate surface area is 187 Å². The zero-order valence-electron chi connectivity index (χ0n) is 18.7. The summed E-state index contributed by atoms with van der Waals surface area (Å²) >= 11 is 0. The molecule has 3 amide bonds. The van der Waals surface area contributed by atoms with Crippen molar-refractivity contribution in [3.63, 3.8) is 0 Å². The molecule has 2 aromatic heterocycles. The van der Waals surface area contributed by atoms with Crippen LogP contribution in [0.3, 0.4) is 0 Å². The fourth-order valence-corrected chi connectivity index (χ4v) is 4.32. The first-order chi connectivity index (χ1) is 15.3. The smallest absolute Gasteiger partial charge is 0.232 e. The number of nitrogens with one attached hydrogen (secondary N) is 1. The first-order valence-electron chi connectivity index (χ1n) is 11.0. The van der Waals surface area contributed by atoms with Gasteiger partial charge in [0.05, 0.1) is 12.5 Å². The molecule has 0 radical (unpaired) electrons. The molecule has 0 aromatic carbocycles. The molecular formula is C23H28N6O3. The molecule has 2 aromatic rings. The minimum atomic E-state index is -0.194. The highest BCUT2D eigenvalue weighted by Gasteiger charge is 2.35. The second-order valence-corrected chi connectivity index (χ2v) is 8.41. The lowest BCUT2D eigenvalue weighted by Crippen LogP contribution is -2.32. The van der Waals surface area contributed by atoms with E-state index in [9.17, 15) is 14.4 Å². The predicted molar refractivity (Wildman–Crippen MR) is 119 cm³/mol. The lowest BCUT2D eigenvalue weighted by Gasteiger charge is -2.24. The Morgan fingerprint density at radius 3 is 2.75 bits per heavy atom. The first kappa shape index (κ1) is 21.9. The minimum absolute atomic E-state index is 0.000151. The molecule has 1 fully saturated rings. The summed E-state index contributed by atoms with van der Waals surface area (Å²) in [6.45, 7) is 4.40.